The molecule has 0 bridgehead atoms. The molecule has 0 saturated carbocycles. The van der Waals surface area contributed by atoms with Gasteiger partial charge in [0.05, 0.1) is 10.6 Å². The number of amides is 2. The summed E-state index contributed by atoms with van der Waals surface area (Å²) in [4.78, 5) is 29.7. The second-order valence-electron chi connectivity index (χ2n) is 10.8. The van der Waals surface area contributed by atoms with Gasteiger partial charge >= 0.3 is 0 Å². The Labute approximate surface area is 259 Å². The van der Waals surface area contributed by atoms with E-state index in [1.54, 1.807) is 61.5 Å². The van der Waals surface area contributed by atoms with E-state index in [1.165, 1.54) is 29.2 Å². The predicted molar refractivity (Wildman–Crippen MR) is 171 cm³/mol. The molecular formula is C35H38FN3O4S. The first kappa shape index (κ1) is 32.4. The van der Waals surface area contributed by atoms with Gasteiger partial charge in [-0.05, 0) is 67.3 Å². The summed E-state index contributed by atoms with van der Waals surface area (Å²) in [6.45, 7) is 5.03. The lowest BCUT2D eigenvalue weighted by Gasteiger charge is -2.34. The summed E-state index contributed by atoms with van der Waals surface area (Å²) >= 11 is 0. The van der Waals surface area contributed by atoms with E-state index in [-0.39, 0.29) is 29.8 Å². The molecule has 0 aliphatic carbocycles. The van der Waals surface area contributed by atoms with Crippen LogP contribution in [0.5, 0.6) is 0 Å². The Bertz CT molecular complexity index is 1650. The number of rotatable bonds is 13. The van der Waals surface area contributed by atoms with Gasteiger partial charge in [-0.3, -0.25) is 13.9 Å². The first-order chi connectivity index (χ1) is 21.1. The van der Waals surface area contributed by atoms with Crippen molar-refractivity contribution in [3.63, 3.8) is 0 Å². The van der Waals surface area contributed by atoms with E-state index in [9.17, 15) is 22.4 Å². The van der Waals surface area contributed by atoms with E-state index < -0.39 is 34.3 Å². The minimum Gasteiger partial charge on any atom is -0.352 e. The predicted octanol–water partition coefficient (Wildman–Crippen LogP) is 5.88. The van der Waals surface area contributed by atoms with Crippen molar-refractivity contribution in [2.45, 2.75) is 57.1 Å². The summed E-state index contributed by atoms with van der Waals surface area (Å²) in [6, 6.07) is 28.8. The number of carbonyl (C=O) groups excluding carboxylic acids is 2. The average Bonchev–Trinajstić information content (AvgIpc) is 3.03. The summed E-state index contributed by atoms with van der Waals surface area (Å²) in [5.74, 6) is -1.36. The second-order valence-corrected chi connectivity index (χ2v) is 12.6. The number of sulfonamides is 1. The highest BCUT2D eigenvalue weighted by atomic mass is 32.2. The molecule has 4 aromatic rings. The fourth-order valence-electron chi connectivity index (χ4n) is 4.86. The van der Waals surface area contributed by atoms with Crippen LogP contribution in [0.25, 0.3) is 0 Å². The van der Waals surface area contributed by atoms with Crippen LogP contribution >= 0.6 is 0 Å². The monoisotopic (exact) mass is 615 g/mol. The van der Waals surface area contributed by atoms with Crippen molar-refractivity contribution in [3.05, 3.63) is 132 Å². The lowest BCUT2D eigenvalue weighted by molar-refractivity contribution is -0.140. The van der Waals surface area contributed by atoms with Crippen molar-refractivity contribution in [2.24, 2.45) is 0 Å². The second kappa shape index (κ2) is 14.8. The highest BCUT2D eigenvalue weighted by Crippen LogP contribution is 2.27. The Balaban J connectivity index is 1.81. The third-order valence-electron chi connectivity index (χ3n) is 7.53. The van der Waals surface area contributed by atoms with Crippen LogP contribution in [0.2, 0.25) is 0 Å². The van der Waals surface area contributed by atoms with Crippen molar-refractivity contribution in [1.29, 1.82) is 0 Å². The Morgan fingerprint density at radius 1 is 0.818 bits per heavy atom. The molecule has 0 unspecified atom stereocenters. The van der Waals surface area contributed by atoms with Gasteiger partial charge in [0.1, 0.15) is 18.4 Å². The van der Waals surface area contributed by atoms with Crippen LogP contribution in [0.3, 0.4) is 0 Å². The van der Waals surface area contributed by atoms with Gasteiger partial charge in [-0.1, -0.05) is 85.8 Å². The highest BCUT2D eigenvalue weighted by molar-refractivity contribution is 7.92. The van der Waals surface area contributed by atoms with Crippen LogP contribution in [0.15, 0.2) is 114 Å². The van der Waals surface area contributed by atoms with Crippen LogP contribution in [-0.2, 0) is 32.6 Å². The number of para-hydroxylation sites is 1. The van der Waals surface area contributed by atoms with E-state index in [1.807, 2.05) is 44.2 Å². The van der Waals surface area contributed by atoms with Crippen molar-refractivity contribution in [3.8, 4) is 0 Å². The molecule has 0 radical (unpaired) electrons. The third-order valence-corrected chi connectivity index (χ3v) is 9.31. The van der Waals surface area contributed by atoms with Gasteiger partial charge in [0, 0.05) is 19.0 Å². The van der Waals surface area contributed by atoms with Gasteiger partial charge in [0.15, 0.2) is 0 Å². The number of anilines is 1. The molecule has 7 nitrogen and oxygen atoms in total. The minimum absolute atomic E-state index is 0.0302. The topological polar surface area (TPSA) is 86.8 Å². The smallest absolute Gasteiger partial charge is 0.264 e. The number of halogens is 1. The van der Waals surface area contributed by atoms with E-state index >= 15 is 0 Å². The van der Waals surface area contributed by atoms with Crippen molar-refractivity contribution in [1.82, 2.24) is 10.2 Å². The maximum atomic E-state index is 14.4. The average molecular weight is 616 g/mol. The van der Waals surface area contributed by atoms with Gasteiger partial charge in [0.2, 0.25) is 11.8 Å². The van der Waals surface area contributed by atoms with Crippen LogP contribution < -0.4 is 9.62 Å². The van der Waals surface area contributed by atoms with Crippen molar-refractivity contribution in [2.75, 3.05) is 10.8 Å². The molecule has 4 aromatic carbocycles. The summed E-state index contributed by atoms with van der Waals surface area (Å²) < 4.78 is 43.0. The number of nitrogens with one attached hydrogen (secondary N) is 1. The van der Waals surface area contributed by atoms with E-state index in [0.29, 0.717) is 23.2 Å². The third kappa shape index (κ3) is 8.11. The molecule has 0 fully saturated rings. The van der Waals surface area contributed by atoms with Gasteiger partial charge in [0.25, 0.3) is 10.0 Å². The fraction of sp³-hybridized carbons (Fsp3) is 0.257. The van der Waals surface area contributed by atoms with Crippen LogP contribution in [0, 0.1) is 12.7 Å². The molecule has 0 spiro atoms. The van der Waals surface area contributed by atoms with Crippen LogP contribution in [-0.4, -0.2) is 43.8 Å². The van der Waals surface area contributed by atoms with Crippen LogP contribution in [0.4, 0.5) is 10.1 Å². The zero-order valence-corrected chi connectivity index (χ0v) is 26.0. The molecule has 1 N–H and O–H groups in total. The fourth-order valence-corrected chi connectivity index (χ4v) is 6.36. The van der Waals surface area contributed by atoms with Crippen molar-refractivity contribution >= 4 is 27.5 Å². The Morgan fingerprint density at radius 2 is 1.41 bits per heavy atom. The minimum atomic E-state index is -4.18. The molecule has 0 saturated heterocycles. The number of aryl methyl sites for hydroxylation is 1. The summed E-state index contributed by atoms with van der Waals surface area (Å²) in [5.41, 5.74) is 2.46. The molecule has 0 aliphatic heterocycles. The molecule has 4 rings (SSSR count). The number of benzene rings is 4. The highest BCUT2D eigenvalue weighted by Gasteiger charge is 2.35. The molecular weight excluding hydrogens is 577 g/mol. The van der Waals surface area contributed by atoms with E-state index in [2.05, 4.69) is 5.32 Å². The largest absolute Gasteiger partial charge is 0.352 e. The zero-order chi connectivity index (χ0) is 31.7. The van der Waals surface area contributed by atoms with Gasteiger partial charge in [-0.2, -0.15) is 0 Å². The maximum Gasteiger partial charge on any atom is 0.264 e. The van der Waals surface area contributed by atoms with Gasteiger partial charge < -0.3 is 10.2 Å². The first-order valence-corrected chi connectivity index (χ1v) is 16.1. The molecule has 230 valence electrons. The molecule has 9 heteroatoms. The summed E-state index contributed by atoms with van der Waals surface area (Å²) in [6.07, 6.45) is 0.887. The normalized spacial score (nSPS) is 12.6. The number of carbonyl (C=O) groups is 2. The molecule has 0 heterocycles. The Kier molecular flexibility index (Phi) is 10.9. The molecule has 2 atom stereocenters. The number of hydrogen-bond donors (Lipinski definition) is 1. The summed E-state index contributed by atoms with van der Waals surface area (Å²) in [7, 11) is -4.18. The molecule has 2 amide bonds. The standard InChI is InChI=1S/C35H38FN3O4S/c1-4-27(3)37-35(41)33(23-28-14-7-5-8-15-28)38(24-29-19-21-30(36)22-20-29)34(40)25-39(32-18-12-11-13-26(32)2)44(42,43)31-16-9-6-10-17-31/h5-22,27,33H,4,23-25H2,1-3H3,(H,37,41)/t27-,33-/m1/s1. The lowest BCUT2D eigenvalue weighted by atomic mass is 10.0. The summed E-state index contributed by atoms with van der Waals surface area (Å²) in [5, 5.41) is 3.01. The first-order valence-electron chi connectivity index (χ1n) is 14.6. The Hall–Kier alpha value is -4.50. The molecule has 0 aliphatic rings. The van der Waals surface area contributed by atoms with Gasteiger partial charge in [-0.25, -0.2) is 12.8 Å². The SMILES string of the molecule is CC[C@@H](C)NC(=O)[C@@H](Cc1ccccc1)N(Cc1ccc(F)cc1)C(=O)CN(c1ccccc1C)S(=O)(=O)c1ccccc1. The molecule has 0 aromatic heterocycles. The molecule has 44 heavy (non-hydrogen) atoms. The van der Waals surface area contributed by atoms with Gasteiger partial charge in [-0.15, -0.1) is 0 Å². The number of hydrogen-bond acceptors (Lipinski definition) is 4. The quantitative estimate of drug-likeness (QED) is 0.203. The van der Waals surface area contributed by atoms with E-state index in [0.717, 1.165) is 9.87 Å². The van der Waals surface area contributed by atoms with Crippen LogP contribution in [0.1, 0.15) is 37.0 Å². The van der Waals surface area contributed by atoms with E-state index in [4.69, 9.17) is 0 Å². The number of nitrogens with zero attached hydrogens (tertiary/aromatic N) is 2. The van der Waals surface area contributed by atoms with Crippen molar-refractivity contribution < 1.29 is 22.4 Å². The Morgan fingerprint density at radius 3 is 2.02 bits per heavy atom. The lowest BCUT2D eigenvalue weighted by Crippen LogP contribution is -2.54. The maximum absolute atomic E-state index is 14.4. The zero-order valence-electron chi connectivity index (χ0n) is 25.2.